The predicted octanol–water partition coefficient (Wildman–Crippen LogP) is 2.01. The zero-order valence-corrected chi connectivity index (χ0v) is 11.0. The lowest BCUT2D eigenvalue weighted by molar-refractivity contribution is 0.101. The van der Waals surface area contributed by atoms with E-state index in [0.29, 0.717) is 22.6 Å². The number of nitrogen functional groups attached to an aromatic ring is 1. The summed E-state index contributed by atoms with van der Waals surface area (Å²) in [5, 5.41) is 6.66. The maximum atomic E-state index is 13.4. The summed E-state index contributed by atoms with van der Waals surface area (Å²) >= 11 is 0. The van der Waals surface area contributed by atoms with Gasteiger partial charge < -0.3 is 11.1 Å². The largest absolute Gasteiger partial charge is 0.395 e. The Morgan fingerprint density at radius 3 is 2.63 bits per heavy atom. The average Bonchev–Trinajstić information content (AvgIpc) is 2.58. The summed E-state index contributed by atoms with van der Waals surface area (Å²) in [6, 6.07) is 4.51. The van der Waals surface area contributed by atoms with Gasteiger partial charge in [-0.3, -0.25) is 9.48 Å². The number of rotatable bonds is 2. The fourth-order valence-corrected chi connectivity index (χ4v) is 1.80. The van der Waals surface area contributed by atoms with Gasteiger partial charge in [-0.2, -0.15) is 5.10 Å². The molecule has 0 saturated heterocycles. The van der Waals surface area contributed by atoms with Gasteiger partial charge in [-0.1, -0.05) is 6.07 Å². The Labute approximate surface area is 110 Å². The van der Waals surface area contributed by atoms with Gasteiger partial charge in [0.15, 0.2) is 0 Å². The van der Waals surface area contributed by atoms with Crippen molar-refractivity contribution in [3.8, 4) is 0 Å². The highest BCUT2D eigenvalue weighted by Crippen LogP contribution is 2.18. The van der Waals surface area contributed by atoms with Gasteiger partial charge in [0.1, 0.15) is 11.5 Å². The number of nitrogens with zero attached hydrogens (tertiary/aromatic N) is 2. The average molecular weight is 262 g/mol. The summed E-state index contributed by atoms with van der Waals surface area (Å²) in [4.78, 5) is 12.1. The smallest absolute Gasteiger partial charge is 0.276 e. The van der Waals surface area contributed by atoms with Crippen LogP contribution in [0.1, 0.15) is 21.7 Å². The molecule has 100 valence electrons. The number of nitrogens with two attached hydrogens (primary N) is 1. The van der Waals surface area contributed by atoms with Crippen LogP contribution >= 0.6 is 0 Å². The summed E-state index contributed by atoms with van der Waals surface area (Å²) < 4.78 is 14.8. The summed E-state index contributed by atoms with van der Waals surface area (Å²) in [5.41, 5.74) is 7.87. The molecule has 1 aromatic carbocycles. The van der Waals surface area contributed by atoms with E-state index >= 15 is 0 Å². The van der Waals surface area contributed by atoms with E-state index in [9.17, 15) is 9.18 Å². The molecule has 1 aromatic heterocycles. The molecular formula is C13H15FN4O. The van der Waals surface area contributed by atoms with Crippen LogP contribution in [0.3, 0.4) is 0 Å². The van der Waals surface area contributed by atoms with Gasteiger partial charge >= 0.3 is 0 Å². The number of nitrogens with one attached hydrogen (secondary N) is 1. The summed E-state index contributed by atoms with van der Waals surface area (Å²) in [6.07, 6.45) is 0. The lowest BCUT2D eigenvalue weighted by atomic mass is 10.2. The standard InChI is InChI=1S/C13H15FN4O/c1-7-4-5-9(6-10(7)14)16-13(19)12-11(15)8(2)17-18(12)3/h4-6H,15H2,1-3H3,(H,16,19). The van der Waals surface area contributed by atoms with E-state index in [0.717, 1.165) is 0 Å². The minimum Gasteiger partial charge on any atom is -0.395 e. The van der Waals surface area contributed by atoms with Gasteiger partial charge in [-0.05, 0) is 31.5 Å². The first kappa shape index (κ1) is 13.1. The highest BCUT2D eigenvalue weighted by Gasteiger charge is 2.18. The van der Waals surface area contributed by atoms with Crippen molar-refractivity contribution in [1.82, 2.24) is 9.78 Å². The van der Waals surface area contributed by atoms with Gasteiger partial charge in [0.05, 0.1) is 11.4 Å². The van der Waals surface area contributed by atoms with Crippen molar-refractivity contribution in [3.05, 3.63) is 41.0 Å². The second-order valence-corrected chi connectivity index (χ2v) is 4.39. The van der Waals surface area contributed by atoms with Gasteiger partial charge in [0, 0.05) is 12.7 Å². The molecule has 0 fully saturated rings. The van der Waals surface area contributed by atoms with Crippen molar-refractivity contribution in [2.45, 2.75) is 13.8 Å². The molecule has 0 spiro atoms. The molecule has 6 heteroatoms. The zero-order chi connectivity index (χ0) is 14.2. The van der Waals surface area contributed by atoms with Crippen LogP contribution in [0.25, 0.3) is 0 Å². The van der Waals surface area contributed by atoms with Crippen molar-refractivity contribution in [2.75, 3.05) is 11.1 Å². The molecule has 0 unspecified atom stereocenters. The monoisotopic (exact) mass is 262 g/mol. The fraction of sp³-hybridized carbons (Fsp3) is 0.231. The number of carbonyl (C=O) groups is 1. The zero-order valence-electron chi connectivity index (χ0n) is 11.0. The second-order valence-electron chi connectivity index (χ2n) is 4.39. The first-order chi connectivity index (χ1) is 8.90. The first-order valence-electron chi connectivity index (χ1n) is 5.76. The maximum absolute atomic E-state index is 13.4. The van der Waals surface area contributed by atoms with Gasteiger partial charge in [0.25, 0.3) is 5.91 Å². The highest BCUT2D eigenvalue weighted by molar-refractivity contribution is 6.06. The maximum Gasteiger partial charge on any atom is 0.276 e. The van der Waals surface area contributed by atoms with Crippen molar-refractivity contribution < 1.29 is 9.18 Å². The number of amides is 1. The van der Waals surface area contributed by atoms with E-state index in [1.165, 1.54) is 10.7 Å². The van der Waals surface area contributed by atoms with Crippen LogP contribution in [-0.2, 0) is 7.05 Å². The van der Waals surface area contributed by atoms with Crippen molar-refractivity contribution >= 4 is 17.3 Å². The Balaban J connectivity index is 2.28. The Morgan fingerprint density at radius 2 is 2.11 bits per heavy atom. The molecule has 1 heterocycles. The molecule has 19 heavy (non-hydrogen) atoms. The minimum absolute atomic E-state index is 0.262. The molecule has 5 nitrogen and oxygen atoms in total. The van der Waals surface area contributed by atoms with Crippen LogP contribution in [0.2, 0.25) is 0 Å². The third-order valence-corrected chi connectivity index (χ3v) is 2.91. The number of aromatic nitrogens is 2. The number of aryl methyl sites for hydroxylation is 3. The molecule has 0 atom stereocenters. The molecule has 0 aliphatic rings. The minimum atomic E-state index is -0.413. The lowest BCUT2D eigenvalue weighted by Gasteiger charge is -2.07. The molecular weight excluding hydrogens is 247 g/mol. The Bertz CT molecular complexity index is 648. The van der Waals surface area contributed by atoms with Crippen molar-refractivity contribution in [1.29, 1.82) is 0 Å². The number of anilines is 2. The third-order valence-electron chi connectivity index (χ3n) is 2.91. The van der Waals surface area contributed by atoms with Crippen molar-refractivity contribution in [3.63, 3.8) is 0 Å². The second kappa shape index (κ2) is 4.72. The van der Waals surface area contributed by atoms with E-state index in [2.05, 4.69) is 10.4 Å². The van der Waals surface area contributed by atoms with Crippen LogP contribution in [0.15, 0.2) is 18.2 Å². The van der Waals surface area contributed by atoms with Crippen LogP contribution in [0, 0.1) is 19.7 Å². The third kappa shape index (κ3) is 2.42. The Kier molecular flexibility index (Phi) is 3.25. The lowest BCUT2D eigenvalue weighted by Crippen LogP contribution is -2.17. The molecule has 2 rings (SSSR count). The molecule has 2 aromatic rings. The number of benzene rings is 1. The topological polar surface area (TPSA) is 72.9 Å². The summed E-state index contributed by atoms with van der Waals surface area (Å²) in [7, 11) is 1.63. The van der Waals surface area contributed by atoms with E-state index in [-0.39, 0.29) is 11.5 Å². The summed E-state index contributed by atoms with van der Waals surface area (Å²) in [6.45, 7) is 3.38. The SMILES string of the molecule is Cc1ccc(NC(=O)c2c(N)c(C)nn2C)cc1F. The van der Waals surface area contributed by atoms with Crippen LogP contribution in [0.4, 0.5) is 15.8 Å². The number of carbonyl (C=O) groups excluding carboxylic acids is 1. The molecule has 0 bridgehead atoms. The Morgan fingerprint density at radius 1 is 1.42 bits per heavy atom. The normalized spacial score (nSPS) is 10.5. The first-order valence-corrected chi connectivity index (χ1v) is 5.76. The van der Waals surface area contributed by atoms with E-state index in [4.69, 9.17) is 5.73 Å². The van der Waals surface area contributed by atoms with Gasteiger partial charge in [0.2, 0.25) is 0 Å². The molecule has 0 radical (unpaired) electrons. The van der Waals surface area contributed by atoms with Crippen LogP contribution in [0.5, 0.6) is 0 Å². The van der Waals surface area contributed by atoms with Gasteiger partial charge in [-0.15, -0.1) is 0 Å². The van der Waals surface area contributed by atoms with Crippen LogP contribution < -0.4 is 11.1 Å². The molecule has 1 amide bonds. The van der Waals surface area contributed by atoms with Crippen molar-refractivity contribution in [2.24, 2.45) is 7.05 Å². The number of hydrogen-bond donors (Lipinski definition) is 2. The van der Waals surface area contributed by atoms with E-state index < -0.39 is 5.91 Å². The summed E-state index contributed by atoms with van der Waals surface area (Å²) in [5.74, 6) is -0.782. The predicted molar refractivity (Wildman–Crippen MR) is 71.4 cm³/mol. The van der Waals surface area contributed by atoms with Crippen LogP contribution in [-0.4, -0.2) is 15.7 Å². The molecule has 0 saturated carbocycles. The number of hydrogen-bond acceptors (Lipinski definition) is 3. The molecule has 3 N–H and O–H groups in total. The fourth-order valence-electron chi connectivity index (χ4n) is 1.80. The highest BCUT2D eigenvalue weighted by atomic mass is 19.1. The number of halogens is 1. The van der Waals surface area contributed by atoms with Gasteiger partial charge in [-0.25, -0.2) is 4.39 Å². The van der Waals surface area contributed by atoms with E-state index in [1.54, 1.807) is 33.0 Å². The van der Waals surface area contributed by atoms with E-state index in [1.807, 2.05) is 0 Å². The quantitative estimate of drug-likeness (QED) is 0.869. The molecule has 0 aliphatic carbocycles. The molecule has 0 aliphatic heterocycles. The Hall–Kier alpha value is -2.37.